The van der Waals surface area contributed by atoms with Crippen LogP contribution in [-0.2, 0) is 6.42 Å². The SMILES string of the molecule is CCc1cc(-n2nc(C#N)c(=O)[nH]c2=O)cc(Cl)c1Oc1ccc2nccc(C3CC3)c2c1. The lowest BCUT2D eigenvalue weighted by Crippen LogP contribution is -2.33. The first-order chi connectivity index (χ1) is 16.0. The van der Waals surface area contributed by atoms with Gasteiger partial charge in [-0.3, -0.25) is 14.8 Å². The maximum Gasteiger partial charge on any atom is 0.349 e. The molecule has 1 saturated carbocycles. The molecule has 0 radical (unpaired) electrons. The number of aryl methyl sites for hydroxylation is 1. The van der Waals surface area contributed by atoms with Crippen LogP contribution >= 0.6 is 11.6 Å². The highest BCUT2D eigenvalue weighted by atomic mass is 35.5. The molecule has 1 aliphatic rings. The van der Waals surface area contributed by atoms with E-state index in [1.807, 2.05) is 31.3 Å². The molecule has 1 fully saturated rings. The van der Waals surface area contributed by atoms with E-state index in [2.05, 4.69) is 21.1 Å². The van der Waals surface area contributed by atoms with Gasteiger partial charge >= 0.3 is 5.69 Å². The molecule has 1 aliphatic carbocycles. The van der Waals surface area contributed by atoms with E-state index in [0.717, 1.165) is 21.1 Å². The zero-order chi connectivity index (χ0) is 23.1. The van der Waals surface area contributed by atoms with Crippen LogP contribution in [0.1, 0.15) is 42.5 Å². The minimum absolute atomic E-state index is 0.274. The van der Waals surface area contributed by atoms with Crippen molar-refractivity contribution < 1.29 is 4.74 Å². The van der Waals surface area contributed by atoms with Crippen molar-refractivity contribution in [2.45, 2.75) is 32.1 Å². The van der Waals surface area contributed by atoms with Gasteiger partial charge in [0, 0.05) is 11.6 Å². The molecule has 0 saturated heterocycles. The number of aromatic amines is 1. The van der Waals surface area contributed by atoms with Crippen LogP contribution in [0, 0.1) is 11.3 Å². The molecule has 164 valence electrons. The van der Waals surface area contributed by atoms with Gasteiger partial charge in [0.05, 0.1) is 16.2 Å². The van der Waals surface area contributed by atoms with Crippen molar-refractivity contribution in [3.05, 3.63) is 85.3 Å². The second-order valence-electron chi connectivity index (χ2n) is 7.86. The Labute approximate surface area is 193 Å². The van der Waals surface area contributed by atoms with Gasteiger partial charge in [-0.1, -0.05) is 18.5 Å². The van der Waals surface area contributed by atoms with Crippen LogP contribution in [0.2, 0.25) is 5.02 Å². The van der Waals surface area contributed by atoms with Gasteiger partial charge in [-0.2, -0.15) is 9.94 Å². The van der Waals surface area contributed by atoms with Crippen LogP contribution in [0.4, 0.5) is 0 Å². The molecular weight excluding hydrogens is 442 g/mol. The number of halogens is 1. The maximum absolute atomic E-state index is 12.3. The molecule has 9 heteroatoms. The number of nitrogens with one attached hydrogen (secondary N) is 1. The molecular formula is C24H18ClN5O3. The van der Waals surface area contributed by atoms with Crippen molar-refractivity contribution in [1.82, 2.24) is 19.7 Å². The van der Waals surface area contributed by atoms with Crippen LogP contribution in [-0.4, -0.2) is 19.7 Å². The van der Waals surface area contributed by atoms with Crippen molar-refractivity contribution in [2.24, 2.45) is 0 Å². The summed E-state index contributed by atoms with van der Waals surface area (Å²) in [7, 11) is 0. The summed E-state index contributed by atoms with van der Waals surface area (Å²) in [5, 5.41) is 14.3. The Balaban J connectivity index is 1.57. The lowest BCUT2D eigenvalue weighted by atomic mass is 10.0. The van der Waals surface area contributed by atoms with Gasteiger partial charge < -0.3 is 4.74 Å². The Bertz CT molecular complexity index is 1560. The van der Waals surface area contributed by atoms with E-state index >= 15 is 0 Å². The predicted octanol–water partition coefficient (Wildman–Crippen LogP) is 4.23. The first kappa shape index (κ1) is 20.9. The highest BCUT2D eigenvalue weighted by molar-refractivity contribution is 6.32. The van der Waals surface area contributed by atoms with Crippen LogP contribution in [0.3, 0.4) is 0 Å². The Morgan fingerprint density at radius 2 is 2.06 bits per heavy atom. The quantitative estimate of drug-likeness (QED) is 0.477. The fourth-order valence-corrected chi connectivity index (χ4v) is 4.13. The standard InChI is InChI=1S/C24H18ClN5O3/c1-2-13-9-15(30-24(32)28-23(31)21(12-26)29-30)10-19(25)22(13)33-16-5-6-20-18(11-16)17(7-8-27-20)14-3-4-14/h5-11,14H,2-4H2,1H3,(H,28,31,32). The highest BCUT2D eigenvalue weighted by Gasteiger charge is 2.25. The van der Waals surface area contributed by atoms with Crippen LogP contribution < -0.4 is 16.0 Å². The Kier molecular flexibility index (Phi) is 5.19. The molecule has 2 aromatic carbocycles. The smallest absolute Gasteiger partial charge is 0.349 e. The number of fused-ring (bicyclic) bond motifs is 1. The molecule has 5 rings (SSSR count). The van der Waals surface area contributed by atoms with Gasteiger partial charge in [-0.25, -0.2) is 4.79 Å². The molecule has 0 atom stereocenters. The fraction of sp³-hybridized carbons (Fsp3) is 0.208. The molecule has 2 heterocycles. The molecule has 2 aromatic heterocycles. The summed E-state index contributed by atoms with van der Waals surface area (Å²) in [6, 6.07) is 12.7. The van der Waals surface area contributed by atoms with Crippen LogP contribution in [0.5, 0.6) is 11.5 Å². The fourth-order valence-electron chi connectivity index (χ4n) is 3.86. The first-order valence-corrected chi connectivity index (χ1v) is 10.9. The van der Waals surface area contributed by atoms with E-state index < -0.39 is 16.9 Å². The summed E-state index contributed by atoms with van der Waals surface area (Å²) < 4.78 is 7.14. The molecule has 0 amide bonds. The lowest BCUT2D eigenvalue weighted by molar-refractivity contribution is 0.477. The normalized spacial score (nSPS) is 13.1. The zero-order valence-corrected chi connectivity index (χ0v) is 18.4. The average molecular weight is 460 g/mol. The number of nitrogens with zero attached hydrogens (tertiary/aromatic N) is 4. The van der Waals surface area contributed by atoms with Gasteiger partial charge in [0.25, 0.3) is 5.56 Å². The van der Waals surface area contributed by atoms with Crippen molar-refractivity contribution in [3.8, 4) is 23.3 Å². The van der Waals surface area contributed by atoms with Gasteiger partial charge in [0.2, 0.25) is 5.69 Å². The van der Waals surface area contributed by atoms with Gasteiger partial charge in [-0.05, 0) is 72.7 Å². The maximum atomic E-state index is 12.3. The van der Waals surface area contributed by atoms with Crippen molar-refractivity contribution in [2.75, 3.05) is 0 Å². The van der Waals surface area contributed by atoms with Crippen molar-refractivity contribution in [3.63, 3.8) is 0 Å². The molecule has 33 heavy (non-hydrogen) atoms. The second kappa shape index (κ2) is 8.19. The van der Waals surface area contributed by atoms with Gasteiger partial charge in [-0.15, -0.1) is 5.10 Å². The summed E-state index contributed by atoms with van der Waals surface area (Å²) in [4.78, 5) is 30.5. The molecule has 8 nitrogen and oxygen atoms in total. The minimum atomic E-state index is -0.836. The number of hydrogen-bond acceptors (Lipinski definition) is 6. The minimum Gasteiger partial charge on any atom is -0.455 e. The van der Waals surface area contributed by atoms with Crippen molar-refractivity contribution in [1.29, 1.82) is 5.26 Å². The summed E-state index contributed by atoms with van der Waals surface area (Å²) in [6.45, 7) is 1.93. The molecule has 0 spiro atoms. The average Bonchev–Trinajstić information content (AvgIpc) is 3.65. The summed E-state index contributed by atoms with van der Waals surface area (Å²) in [6.07, 6.45) is 4.77. The van der Waals surface area contributed by atoms with Gasteiger partial charge in [0.1, 0.15) is 17.6 Å². The molecule has 0 unspecified atom stereocenters. The summed E-state index contributed by atoms with van der Waals surface area (Å²) in [5.74, 6) is 1.67. The molecule has 0 bridgehead atoms. The van der Waals surface area contributed by atoms with E-state index in [-0.39, 0.29) is 5.02 Å². The summed E-state index contributed by atoms with van der Waals surface area (Å²) in [5.41, 5.74) is 1.24. The second-order valence-corrected chi connectivity index (χ2v) is 8.26. The van der Waals surface area contributed by atoms with E-state index in [9.17, 15) is 9.59 Å². The Morgan fingerprint density at radius 1 is 1.24 bits per heavy atom. The number of rotatable bonds is 5. The van der Waals surface area contributed by atoms with Crippen LogP contribution in [0.15, 0.2) is 52.2 Å². The third-order valence-corrected chi connectivity index (χ3v) is 5.93. The summed E-state index contributed by atoms with van der Waals surface area (Å²) >= 11 is 6.56. The Morgan fingerprint density at radius 3 is 2.79 bits per heavy atom. The molecule has 0 aliphatic heterocycles. The van der Waals surface area contributed by atoms with Gasteiger partial charge in [0.15, 0.2) is 0 Å². The lowest BCUT2D eigenvalue weighted by Gasteiger charge is -2.15. The number of H-pyrrole nitrogens is 1. The largest absolute Gasteiger partial charge is 0.455 e. The highest BCUT2D eigenvalue weighted by Crippen LogP contribution is 2.44. The van der Waals surface area contributed by atoms with Crippen molar-refractivity contribution >= 4 is 22.5 Å². The predicted molar refractivity (Wildman–Crippen MR) is 123 cm³/mol. The van der Waals surface area contributed by atoms with E-state index in [0.29, 0.717) is 29.5 Å². The number of aromatic nitrogens is 4. The monoisotopic (exact) mass is 459 g/mol. The number of benzene rings is 2. The van der Waals surface area contributed by atoms with E-state index in [4.69, 9.17) is 21.6 Å². The third kappa shape index (κ3) is 3.88. The number of pyridine rings is 1. The van der Waals surface area contributed by atoms with Crippen LogP contribution in [0.25, 0.3) is 16.6 Å². The number of ether oxygens (including phenoxy) is 1. The van der Waals surface area contributed by atoms with E-state index in [1.165, 1.54) is 24.5 Å². The topological polar surface area (TPSA) is 114 Å². The first-order valence-electron chi connectivity index (χ1n) is 10.5. The molecule has 1 N–H and O–H groups in total. The number of nitriles is 1. The zero-order valence-electron chi connectivity index (χ0n) is 17.6. The van der Waals surface area contributed by atoms with E-state index in [1.54, 1.807) is 12.1 Å². The Hall–Kier alpha value is -3.96. The third-order valence-electron chi connectivity index (χ3n) is 5.65. The molecule has 4 aromatic rings. The number of hydrogen-bond donors (Lipinski definition) is 1.